The first-order chi connectivity index (χ1) is 2.00. The van der Waals surface area contributed by atoms with Gasteiger partial charge in [0.1, 0.15) is 0 Å². The van der Waals surface area contributed by atoms with Crippen LogP contribution < -0.4 is 5.73 Å². The van der Waals surface area contributed by atoms with Crippen LogP contribution in [-0.4, -0.2) is 5.12 Å². The lowest BCUT2D eigenvalue weighted by Crippen LogP contribution is -2.20. The third kappa shape index (κ3) is 369. The minimum absolute atomic E-state index is 1.16. The van der Waals surface area contributed by atoms with E-state index in [1.165, 1.54) is 0 Å². The average Bonchev–Trinajstić information content (AvgIpc) is 0.722. The first-order valence-electron chi connectivity index (χ1n) is 1.20. The maximum absolute atomic E-state index is 11.3. The van der Waals surface area contributed by atoms with Crippen LogP contribution in [0.25, 0.3) is 0 Å². The number of halogens is 1. The second-order valence-corrected chi connectivity index (χ2v) is 1.90. The lowest BCUT2D eigenvalue weighted by molar-refractivity contribution is 0.331. The first kappa shape index (κ1) is 5.24. The van der Waals surface area contributed by atoms with Crippen LogP contribution in [0.4, 0.5) is 4.39 Å². The Labute approximate surface area is 35.8 Å². The molecular weight excluding hydrogens is 89.1 g/mol. The Bertz CT molecular complexity index is 25.1. The topological polar surface area (TPSA) is 26.0 Å². The van der Waals surface area contributed by atoms with Gasteiger partial charge in [-0.05, 0) is 6.92 Å². The molecule has 1 nitrogen and oxygen atoms in total. The highest BCUT2D eigenvalue weighted by atomic mass is 32.1. The summed E-state index contributed by atoms with van der Waals surface area (Å²) in [6, 6.07) is 0. The molecule has 5 heavy (non-hydrogen) atoms. The average molecular weight is 95.1 g/mol. The highest BCUT2D eigenvalue weighted by Gasteiger charge is 2.03. The van der Waals surface area contributed by atoms with Crippen LogP contribution >= 0.6 is 12.6 Å². The zero-order valence-corrected chi connectivity index (χ0v) is 3.80. The van der Waals surface area contributed by atoms with Crippen molar-refractivity contribution in [1.82, 2.24) is 0 Å². The van der Waals surface area contributed by atoms with Crippen molar-refractivity contribution >= 4 is 12.6 Å². The van der Waals surface area contributed by atoms with Crippen molar-refractivity contribution in [3.63, 3.8) is 0 Å². The van der Waals surface area contributed by atoms with E-state index in [2.05, 4.69) is 18.4 Å². The van der Waals surface area contributed by atoms with Gasteiger partial charge in [0, 0.05) is 0 Å². The molecule has 0 aliphatic rings. The Morgan fingerprint density at radius 1 is 2.00 bits per heavy atom. The largest absolute Gasteiger partial charge is 0.291 e. The van der Waals surface area contributed by atoms with Crippen molar-refractivity contribution in [2.45, 2.75) is 12.0 Å². The molecule has 0 aliphatic carbocycles. The monoisotopic (exact) mass is 95.0 g/mol. The van der Waals surface area contributed by atoms with E-state index in [1.54, 1.807) is 0 Å². The van der Waals surface area contributed by atoms with E-state index < -0.39 is 5.12 Å². The van der Waals surface area contributed by atoms with Crippen molar-refractivity contribution in [1.29, 1.82) is 0 Å². The number of nitrogens with two attached hydrogens (primary N) is 1. The smallest absolute Gasteiger partial charge is 0.200 e. The number of hydrogen-bond donors (Lipinski definition) is 2. The quantitative estimate of drug-likeness (QED) is 0.256. The third-order valence-electron chi connectivity index (χ3n) is 0. The molecule has 3 heteroatoms. The Morgan fingerprint density at radius 2 is 2.00 bits per heavy atom. The lowest BCUT2D eigenvalue weighted by atomic mass is 10.7. The molecule has 0 saturated heterocycles. The maximum atomic E-state index is 11.3. The Balaban J connectivity index is 3.02. The van der Waals surface area contributed by atoms with E-state index in [0.717, 1.165) is 6.92 Å². The predicted octanol–water partition coefficient (Wildman–Crippen LogP) is 0.518. The van der Waals surface area contributed by atoms with Gasteiger partial charge in [-0.1, -0.05) is 0 Å². The molecule has 0 aromatic carbocycles. The molecule has 0 bridgehead atoms. The van der Waals surface area contributed by atoms with Gasteiger partial charge in [-0.3, -0.25) is 5.73 Å². The molecule has 0 radical (unpaired) electrons. The number of thiol groups is 1. The minimum Gasteiger partial charge on any atom is -0.291 e. The van der Waals surface area contributed by atoms with Crippen molar-refractivity contribution in [2.75, 3.05) is 0 Å². The van der Waals surface area contributed by atoms with Crippen LogP contribution in [0.5, 0.6) is 0 Å². The molecule has 0 fully saturated rings. The fourth-order valence-electron chi connectivity index (χ4n) is 0. The number of hydrogen-bond acceptors (Lipinski definition) is 2. The van der Waals surface area contributed by atoms with Crippen LogP contribution in [0.2, 0.25) is 0 Å². The van der Waals surface area contributed by atoms with Gasteiger partial charge in [-0.15, -0.1) is 12.6 Å². The van der Waals surface area contributed by atoms with Gasteiger partial charge in [0.05, 0.1) is 0 Å². The highest BCUT2D eigenvalue weighted by molar-refractivity contribution is 7.81. The van der Waals surface area contributed by atoms with Gasteiger partial charge in [0.2, 0.25) is 0 Å². The van der Waals surface area contributed by atoms with Gasteiger partial charge >= 0.3 is 0 Å². The fraction of sp³-hybridized carbons (Fsp3) is 1.00. The third-order valence-corrected chi connectivity index (χ3v) is 0. The summed E-state index contributed by atoms with van der Waals surface area (Å²) in [5.41, 5.74) is 4.55. The summed E-state index contributed by atoms with van der Waals surface area (Å²) >= 11 is 3.23. The van der Waals surface area contributed by atoms with Crippen LogP contribution in [0.1, 0.15) is 6.92 Å². The molecule has 32 valence electrons. The second-order valence-electron chi connectivity index (χ2n) is 1.02. The first-order valence-corrected chi connectivity index (χ1v) is 1.65. The van der Waals surface area contributed by atoms with E-state index in [4.69, 9.17) is 0 Å². The molecule has 0 spiro atoms. The minimum atomic E-state index is -1.81. The lowest BCUT2D eigenvalue weighted by Gasteiger charge is -1.99. The summed E-state index contributed by atoms with van der Waals surface area (Å²) in [6.45, 7) is 1.16. The van der Waals surface area contributed by atoms with Gasteiger partial charge in [0.15, 0.2) is 5.12 Å². The van der Waals surface area contributed by atoms with Gasteiger partial charge in [-0.2, -0.15) is 0 Å². The summed E-state index contributed by atoms with van der Waals surface area (Å²) in [5.74, 6) is 0. The van der Waals surface area contributed by atoms with Crippen LogP contribution in [0.15, 0.2) is 0 Å². The molecule has 1 atom stereocenters. The Kier molecular flexibility index (Phi) is 1.20. The molecule has 0 aromatic heterocycles. The highest BCUT2D eigenvalue weighted by Crippen LogP contribution is 2.02. The molecule has 0 saturated carbocycles. The van der Waals surface area contributed by atoms with Gasteiger partial charge < -0.3 is 0 Å². The summed E-state index contributed by atoms with van der Waals surface area (Å²) in [7, 11) is 0. The summed E-state index contributed by atoms with van der Waals surface area (Å²) in [6.07, 6.45) is 0. The predicted molar refractivity (Wildman–Crippen MR) is 22.7 cm³/mol. The molecule has 0 amide bonds. The van der Waals surface area contributed by atoms with Crippen LogP contribution in [0.3, 0.4) is 0 Å². The van der Waals surface area contributed by atoms with Crippen molar-refractivity contribution in [3.05, 3.63) is 0 Å². The maximum Gasteiger partial charge on any atom is 0.200 e. The SMILES string of the molecule is CC(N)(F)S. The fourth-order valence-corrected chi connectivity index (χ4v) is 0. The van der Waals surface area contributed by atoms with Crippen LogP contribution in [-0.2, 0) is 0 Å². The molecule has 0 aromatic rings. The normalized spacial score (nSPS) is 21.6. The Morgan fingerprint density at radius 3 is 2.00 bits per heavy atom. The van der Waals surface area contributed by atoms with Gasteiger partial charge in [-0.25, -0.2) is 4.39 Å². The van der Waals surface area contributed by atoms with E-state index >= 15 is 0 Å². The zero-order chi connectivity index (χ0) is 4.50. The van der Waals surface area contributed by atoms with Crippen molar-refractivity contribution in [2.24, 2.45) is 5.73 Å². The molecule has 2 N–H and O–H groups in total. The van der Waals surface area contributed by atoms with E-state index in [-0.39, 0.29) is 0 Å². The van der Waals surface area contributed by atoms with E-state index in [1.807, 2.05) is 0 Å². The molecule has 0 rings (SSSR count). The summed E-state index contributed by atoms with van der Waals surface area (Å²) < 4.78 is 11.3. The standard InChI is InChI=1S/C2H6FNS/c1-2(3,4)5/h5H,4H2,1H3. The zero-order valence-electron chi connectivity index (χ0n) is 2.90. The molecular formula is C2H6FNS. The number of alkyl halides is 1. The molecule has 1 unspecified atom stereocenters. The van der Waals surface area contributed by atoms with Crippen LogP contribution in [0, 0.1) is 0 Å². The second kappa shape index (κ2) is 1.14. The van der Waals surface area contributed by atoms with Crippen molar-refractivity contribution < 1.29 is 4.39 Å². The number of rotatable bonds is 0. The Hall–Kier alpha value is 0.240. The molecule has 0 heterocycles. The van der Waals surface area contributed by atoms with E-state index in [9.17, 15) is 4.39 Å². The summed E-state index contributed by atoms with van der Waals surface area (Å²) in [4.78, 5) is 0. The van der Waals surface area contributed by atoms with Crippen molar-refractivity contribution in [3.8, 4) is 0 Å². The van der Waals surface area contributed by atoms with E-state index in [0.29, 0.717) is 0 Å². The molecule has 0 aliphatic heterocycles. The summed E-state index contributed by atoms with van der Waals surface area (Å²) in [5, 5.41) is -1.81. The van der Waals surface area contributed by atoms with Gasteiger partial charge in [0.25, 0.3) is 0 Å².